The number of aryl methyl sites for hydroxylation is 1. The maximum atomic E-state index is 13.4. The van der Waals surface area contributed by atoms with Crippen molar-refractivity contribution in [3.05, 3.63) is 76.5 Å². The normalized spacial score (nSPS) is 11.6. The molecule has 10 nitrogen and oxygen atoms in total. The Hall–Kier alpha value is -3.22. The molecule has 0 bridgehead atoms. The molecule has 0 spiro atoms. The predicted molar refractivity (Wildman–Crippen MR) is 136 cm³/mol. The smallest absolute Gasteiger partial charge is 0.319 e. The third-order valence-electron chi connectivity index (χ3n) is 5.20. The highest BCUT2D eigenvalue weighted by molar-refractivity contribution is 7.92. The first kappa shape index (κ1) is 25.9. The molecule has 4 aromatic rings. The molecular weight excluding hydrogens is 529 g/mol. The molecule has 0 aliphatic carbocycles. The number of nitrogens with one attached hydrogen (secondary N) is 1. The van der Waals surface area contributed by atoms with Gasteiger partial charge in [-0.15, -0.1) is 5.10 Å². The Morgan fingerprint density at radius 2 is 1.78 bits per heavy atom. The van der Waals surface area contributed by atoms with Gasteiger partial charge in [0.2, 0.25) is 0 Å². The van der Waals surface area contributed by atoms with Gasteiger partial charge in [0.15, 0.2) is 5.82 Å². The second kappa shape index (κ2) is 10.8. The molecule has 0 aliphatic heterocycles. The molecule has 0 fully saturated rings. The molecule has 0 saturated heterocycles. The van der Waals surface area contributed by atoms with E-state index in [2.05, 4.69) is 15.6 Å². The van der Waals surface area contributed by atoms with E-state index in [1.165, 1.54) is 18.2 Å². The molecule has 0 unspecified atom stereocenters. The summed E-state index contributed by atoms with van der Waals surface area (Å²) in [5.74, 6) is -0.680. The number of benzene rings is 2. The maximum Gasteiger partial charge on any atom is 0.319 e. The predicted octanol–water partition coefficient (Wildman–Crippen LogP) is 3.44. The number of sulfonamides is 1. The number of aliphatic carboxylic acids is 1. The molecular formula is C23H21Cl2N5O5S. The molecule has 0 amide bonds. The molecule has 0 atom stereocenters. The largest absolute Gasteiger partial charge is 0.480 e. The minimum atomic E-state index is -4.28. The average molecular weight is 550 g/mol. The Morgan fingerprint density at radius 1 is 1.03 bits per heavy atom. The Bertz CT molecular complexity index is 1490. The zero-order valence-corrected chi connectivity index (χ0v) is 21.0. The van der Waals surface area contributed by atoms with E-state index in [9.17, 15) is 13.2 Å². The lowest BCUT2D eigenvalue weighted by atomic mass is 10.2. The first-order valence-electron chi connectivity index (χ1n) is 10.7. The van der Waals surface area contributed by atoms with E-state index in [-0.39, 0.29) is 27.2 Å². The second-order valence-corrected chi connectivity index (χ2v) is 10.4. The van der Waals surface area contributed by atoms with Crippen LogP contribution in [0.4, 0.5) is 5.69 Å². The quantitative estimate of drug-likeness (QED) is 0.256. The highest BCUT2D eigenvalue weighted by Gasteiger charge is 2.27. The van der Waals surface area contributed by atoms with Crippen molar-refractivity contribution in [2.75, 3.05) is 17.6 Å². The van der Waals surface area contributed by atoms with Crippen LogP contribution >= 0.6 is 23.2 Å². The Kier molecular flexibility index (Phi) is 7.76. The van der Waals surface area contributed by atoms with Crippen LogP contribution in [0.25, 0.3) is 16.7 Å². The number of carbonyl (C=O) groups is 1. The number of anilines is 1. The Labute approximate surface area is 216 Å². The molecule has 4 rings (SSSR count). The molecule has 3 N–H and O–H groups in total. The summed E-state index contributed by atoms with van der Waals surface area (Å²) in [7, 11) is -4.28. The Balaban J connectivity index is 1.72. The van der Waals surface area contributed by atoms with Crippen LogP contribution in [0.3, 0.4) is 0 Å². The summed E-state index contributed by atoms with van der Waals surface area (Å²) >= 11 is 12.0. The topological polar surface area (TPSA) is 138 Å². The van der Waals surface area contributed by atoms with Crippen LogP contribution in [-0.4, -0.2) is 52.5 Å². The minimum Gasteiger partial charge on any atom is -0.480 e. The van der Waals surface area contributed by atoms with Gasteiger partial charge >= 0.3 is 5.97 Å². The number of hydrogen-bond acceptors (Lipinski definition) is 7. The van der Waals surface area contributed by atoms with E-state index >= 15 is 0 Å². The summed E-state index contributed by atoms with van der Waals surface area (Å²) in [4.78, 5) is 11.0. The second-order valence-electron chi connectivity index (χ2n) is 7.74. The Morgan fingerprint density at radius 3 is 2.42 bits per heavy atom. The fourth-order valence-electron chi connectivity index (χ4n) is 3.57. The van der Waals surface area contributed by atoms with Gasteiger partial charge in [-0.3, -0.25) is 9.36 Å². The third-order valence-corrected chi connectivity index (χ3v) is 7.29. The van der Waals surface area contributed by atoms with Crippen molar-refractivity contribution < 1.29 is 23.4 Å². The monoisotopic (exact) mass is 549 g/mol. The van der Waals surface area contributed by atoms with Crippen LogP contribution < -0.4 is 9.84 Å². The van der Waals surface area contributed by atoms with Crippen LogP contribution in [0.5, 0.6) is 0 Å². The maximum absolute atomic E-state index is 13.4. The lowest BCUT2D eigenvalue weighted by molar-refractivity contribution is -0.135. The van der Waals surface area contributed by atoms with Crippen molar-refractivity contribution in [3.63, 3.8) is 0 Å². The zero-order valence-electron chi connectivity index (χ0n) is 18.7. The molecule has 2 heterocycles. The summed E-state index contributed by atoms with van der Waals surface area (Å²) in [6.07, 6.45) is 2.98. The molecule has 36 heavy (non-hydrogen) atoms. The minimum absolute atomic E-state index is 0.0758. The number of hydrogen-bond donors (Lipinski definition) is 3. The summed E-state index contributed by atoms with van der Waals surface area (Å²) < 4.78 is 29.4. The molecule has 2 aromatic heterocycles. The number of carboxylic acids is 1. The van der Waals surface area contributed by atoms with Gasteiger partial charge in [-0.2, -0.15) is 17.9 Å². The fourth-order valence-corrected chi connectivity index (χ4v) is 5.61. The van der Waals surface area contributed by atoms with Crippen LogP contribution in [-0.2, 0) is 21.2 Å². The van der Waals surface area contributed by atoms with Crippen LogP contribution in [0, 0.1) is 0 Å². The summed E-state index contributed by atoms with van der Waals surface area (Å²) in [5.41, 5.74) is 4.13. The summed E-state index contributed by atoms with van der Waals surface area (Å²) in [6, 6.07) is 14.1. The van der Waals surface area contributed by atoms with Gasteiger partial charge in [0, 0.05) is 28.2 Å². The number of rotatable bonds is 10. The number of aliphatic hydroxyl groups is 1. The number of carboxylic acid groups (broad SMARTS) is 1. The first-order valence-corrected chi connectivity index (χ1v) is 12.9. The van der Waals surface area contributed by atoms with E-state index in [1.807, 2.05) is 6.07 Å². The number of aliphatic hydroxyl groups excluding tert-OH is 1. The van der Waals surface area contributed by atoms with Gasteiger partial charge in [0.25, 0.3) is 10.0 Å². The van der Waals surface area contributed by atoms with Crippen LogP contribution in [0.15, 0.2) is 65.7 Å². The molecule has 188 valence electrons. The zero-order chi connectivity index (χ0) is 25.9. The van der Waals surface area contributed by atoms with E-state index in [0.29, 0.717) is 24.0 Å². The number of hydrazine groups is 1. The SMILES string of the molecule is O=C(O)CNN(c1ccc2c(ccn2-c2ccc(CCCO)nn2)c1)S(=O)(=O)c1cc(Cl)cc(Cl)c1. The van der Waals surface area contributed by atoms with Crippen molar-refractivity contribution >= 4 is 55.8 Å². The molecule has 13 heteroatoms. The lowest BCUT2D eigenvalue weighted by Gasteiger charge is -2.24. The lowest BCUT2D eigenvalue weighted by Crippen LogP contribution is -2.45. The number of nitrogens with zero attached hydrogens (tertiary/aromatic N) is 4. The average Bonchev–Trinajstić information content (AvgIpc) is 3.25. The molecule has 0 radical (unpaired) electrons. The number of aromatic nitrogens is 3. The van der Waals surface area contributed by atoms with Gasteiger partial charge in [-0.1, -0.05) is 23.2 Å². The van der Waals surface area contributed by atoms with Crippen LogP contribution in [0.1, 0.15) is 12.1 Å². The van der Waals surface area contributed by atoms with Crippen molar-refractivity contribution in [2.24, 2.45) is 0 Å². The highest BCUT2D eigenvalue weighted by atomic mass is 35.5. The standard InChI is InChI=1S/C23H21Cl2N5O5S/c24-16-11-17(25)13-20(12-16)36(34,35)30(26-14-23(32)33)19-4-5-21-15(10-19)7-8-29(21)22-6-3-18(27-28-22)2-1-9-31/h3-8,10-13,26,31H,1-2,9,14H2,(H,32,33). The van der Waals surface area contributed by atoms with Crippen molar-refractivity contribution in [2.45, 2.75) is 17.7 Å². The van der Waals surface area contributed by atoms with Crippen molar-refractivity contribution in [1.29, 1.82) is 0 Å². The van der Waals surface area contributed by atoms with E-state index in [4.69, 9.17) is 33.4 Å². The summed E-state index contributed by atoms with van der Waals surface area (Å²) in [6.45, 7) is -0.572. The molecule has 0 saturated carbocycles. The first-order chi connectivity index (χ1) is 17.2. The number of fused-ring (bicyclic) bond motifs is 1. The van der Waals surface area contributed by atoms with Gasteiger partial charge in [0.1, 0.15) is 6.54 Å². The van der Waals surface area contributed by atoms with Gasteiger partial charge in [-0.25, -0.2) is 5.43 Å². The summed E-state index contributed by atoms with van der Waals surface area (Å²) in [5, 5.41) is 27.5. The van der Waals surface area contributed by atoms with E-state index in [1.54, 1.807) is 41.1 Å². The molecule has 2 aromatic carbocycles. The van der Waals surface area contributed by atoms with Gasteiger partial charge < -0.3 is 10.2 Å². The highest BCUT2D eigenvalue weighted by Crippen LogP contribution is 2.30. The van der Waals surface area contributed by atoms with Gasteiger partial charge in [-0.05, 0) is 67.4 Å². The van der Waals surface area contributed by atoms with E-state index < -0.39 is 22.5 Å². The fraction of sp³-hybridized carbons (Fsp3) is 0.174. The van der Waals surface area contributed by atoms with Crippen molar-refractivity contribution in [1.82, 2.24) is 20.2 Å². The van der Waals surface area contributed by atoms with Crippen molar-refractivity contribution in [3.8, 4) is 5.82 Å². The van der Waals surface area contributed by atoms with Gasteiger partial charge in [0.05, 0.1) is 21.8 Å². The van der Waals surface area contributed by atoms with Crippen LogP contribution in [0.2, 0.25) is 10.0 Å². The van der Waals surface area contributed by atoms with E-state index in [0.717, 1.165) is 15.6 Å². The molecule has 0 aliphatic rings. The third kappa shape index (κ3) is 5.61. The number of halogens is 2.